The third-order valence-corrected chi connectivity index (χ3v) is 4.81. The summed E-state index contributed by atoms with van der Waals surface area (Å²) in [6.45, 7) is 8.41. The van der Waals surface area contributed by atoms with Gasteiger partial charge in [-0.1, -0.05) is 39.5 Å². The predicted octanol–water partition coefficient (Wildman–Crippen LogP) is 4.38. The molecule has 0 heterocycles. The van der Waals surface area contributed by atoms with Gasteiger partial charge in [0.1, 0.15) is 0 Å². The molecule has 0 bridgehead atoms. The van der Waals surface area contributed by atoms with Gasteiger partial charge in [-0.05, 0) is 49.9 Å². The molecule has 1 aliphatic carbocycles. The molecule has 0 saturated heterocycles. The molecule has 1 saturated carbocycles. The maximum absolute atomic E-state index is 4.68. The number of hydrogen-bond acceptors (Lipinski definition) is 2. The molecule has 0 radical (unpaired) electrons. The number of rotatable bonds is 7. The zero-order valence-electron chi connectivity index (χ0n) is 11.9. The predicted molar refractivity (Wildman–Crippen MR) is 81.0 cm³/mol. The maximum atomic E-state index is 4.68. The third-order valence-electron chi connectivity index (χ3n) is 4.14. The first-order valence-electron chi connectivity index (χ1n) is 7.59. The van der Waals surface area contributed by atoms with Crippen LogP contribution in [0.25, 0.3) is 0 Å². The summed E-state index contributed by atoms with van der Waals surface area (Å²) < 4.78 is 0. The quantitative estimate of drug-likeness (QED) is 0.523. The third kappa shape index (κ3) is 5.21. The average Bonchev–Trinajstić information content (AvgIpc) is 2.56. The monoisotopic (exact) mass is 257 g/mol. The molecule has 1 nitrogen and oxygen atoms in total. The summed E-state index contributed by atoms with van der Waals surface area (Å²) in [5, 5.41) is 0. The van der Waals surface area contributed by atoms with E-state index >= 15 is 0 Å². The molecule has 1 rings (SSSR count). The first-order valence-corrected chi connectivity index (χ1v) is 8.23. The van der Waals surface area contributed by atoms with Gasteiger partial charge in [-0.2, -0.15) is 12.6 Å². The lowest BCUT2D eigenvalue weighted by molar-refractivity contribution is 0.150. The van der Waals surface area contributed by atoms with Crippen molar-refractivity contribution in [2.45, 2.75) is 65.2 Å². The zero-order chi connectivity index (χ0) is 12.6. The molecule has 0 spiro atoms. The van der Waals surface area contributed by atoms with Gasteiger partial charge < -0.3 is 4.90 Å². The smallest absolute Gasteiger partial charge is 0.00458 e. The minimum Gasteiger partial charge on any atom is -0.303 e. The van der Waals surface area contributed by atoms with Crippen molar-refractivity contribution >= 4 is 12.6 Å². The molecule has 17 heavy (non-hydrogen) atoms. The van der Waals surface area contributed by atoms with Crippen molar-refractivity contribution in [3.63, 3.8) is 0 Å². The van der Waals surface area contributed by atoms with E-state index in [0.29, 0.717) is 5.41 Å². The van der Waals surface area contributed by atoms with Gasteiger partial charge in [0.05, 0.1) is 0 Å². The Balaban J connectivity index is 2.56. The summed E-state index contributed by atoms with van der Waals surface area (Å²) in [6, 6.07) is 0. The van der Waals surface area contributed by atoms with Gasteiger partial charge in [0.2, 0.25) is 0 Å². The fourth-order valence-corrected chi connectivity index (χ4v) is 3.64. The molecule has 1 fully saturated rings. The van der Waals surface area contributed by atoms with Crippen molar-refractivity contribution in [2.75, 3.05) is 25.4 Å². The van der Waals surface area contributed by atoms with Crippen molar-refractivity contribution < 1.29 is 0 Å². The summed E-state index contributed by atoms with van der Waals surface area (Å²) >= 11 is 4.68. The van der Waals surface area contributed by atoms with Gasteiger partial charge in [0, 0.05) is 6.54 Å². The highest BCUT2D eigenvalue weighted by molar-refractivity contribution is 7.80. The standard InChI is InChI=1S/C15H31NS/c1-3-11-16(12-4-2)13-15(14-17)9-7-5-6-8-10-15/h17H,3-14H2,1-2H3. The number of hydrogen-bond donors (Lipinski definition) is 1. The molecule has 0 aromatic rings. The molecule has 0 aromatic heterocycles. The van der Waals surface area contributed by atoms with E-state index < -0.39 is 0 Å². The molecule has 102 valence electrons. The van der Waals surface area contributed by atoms with Crippen molar-refractivity contribution in [2.24, 2.45) is 5.41 Å². The van der Waals surface area contributed by atoms with E-state index in [1.54, 1.807) is 0 Å². The van der Waals surface area contributed by atoms with Crippen LogP contribution in [0.4, 0.5) is 0 Å². The lowest BCUT2D eigenvalue weighted by atomic mass is 9.81. The molecule has 0 amide bonds. The van der Waals surface area contributed by atoms with Crippen LogP contribution >= 0.6 is 12.6 Å². The fourth-order valence-electron chi connectivity index (χ4n) is 3.22. The van der Waals surface area contributed by atoms with Gasteiger partial charge in [-0.25, -0.2) is 0 Å². The topological polar surface area (TPSA) is 3.24 Å². The van der Waals surface area contributed by atoms with Crippen molar-refractivity contribution in [1.82, 2.24) is 4.90 Å². The van der Waals surface area contributed by atoms with Crippen LogP contribution < -0.4 is 0 Å². The van der Waals surface area contributed by atoms with Gasteiger partial charge in [-0.3, -0.25) is 0 Å². The van der Waals surface area contributed by atoms with Crippen molar-refractivity contribution in [3.05, 3.63) is 0 Å². The molecule has 2 heteroatoms. The molecule has 0 atom stereocenters. The van der Waals surface area contributed by atoms with E-state index in [2.05, 4.69) is 31.4 Å². The Morgan fingerprint density at radius 2 is 1.47 bits per heavy atom. The Kier molecular flexibility index (Phi) is 7.61. The normalized spacial score (nSPS) is 20.5. The Labute approximate surface area is 114 Å². The Hall–Kier alpha value is 0.310. The number of nitrogens with zero attached hydrogens (tertiary/aromatic N) is 1. The van der Waals surface area contributed by atoms with Gasteiger partial charge in [0.25, 0.3) is 0 Å². The Morgan fingerprint density at radius 3 is 1.88 bits per heavy atom. The number of thiol groups is 1. The molecule has 0 unspecified atom stereocenters. The minimum absolute atomic E-state index is 0.518. The summed E-state index contributed by atoms with van der Waals surface area (Å²) in [7, 11) is 0. The van der Waals surface area contributed by atoms with E-state index in [-0.39, 0.29) is 0 Å². The van der Waals surface area contributed by atoms with Crippen LogP contribution in [-0.2, 0) is 0 Å². The highest BCUT2D eigenvalue weighted by atomic mass is 32.1. The van der Waals surface area contributed by atoms with E-state index in [1.165, 1.54) is 71.0 Å². The summed E-state index contributed by atoms with van der Waals surface area (Å²) in [5.41, 5.74) is 0.518. The van der Waals surface area contributed by atoms with E-state index in [0.717, 1.165) is 5.75 Å². The zero-order valence-corrected chi connectivity index (χ0v) is 12.8. The van der Waals surface area contributed by atoms with Gasteiger partial charge in [0.15, 0.2) is 0 Å². The molecular weight excluding hydrogens is 226 g/mol. The van der Waals surface area contributed by atoms with E-state index in [4.69, 9.17) is 0 Å². The van der Waals surface area contributed by atoms with Gasteiger partial charge in [-0.15, -0.1) is 0 Å². The lowest BCUT2D eigenvalue weighted by Crippen LogP contribution is -2.39. The SMILES string of the molecule is CCCN(CCC)CC1(CS)CCCCCC1. The van der Waals surface area contributed by atoms with Crippen LogP contribution in [-0.4, -0.2) is 30.3 Å². The summed E-state index contributed by atoms with van der Waals surface area (Å²) in [6.07, 6.45) is 11.1. The largest absolute Gasteiger partial charge is 0.303 e. The second-order valence-electron chi connectivity index (χ2n) is 5.85. The van der Waals surface area contributed by atoms with E-state index in [9.17, 15) is 0 Å². The van der Waals surface area contributed by atoms with Crippen molar-refractivity contribution in [1.29, 1.82) is 0 Å². The van der Waals surface area contributed by atoms with E-state index in [1.807, 2.05) is 0 Å². The molecule has 0 aromatic carbocycles. The molecular formula is C15H31NS. The minimum atomic E-state index is 0.518. The van der Waals surface area contributed by atoms with Crippen LogP contribution in [0.15, 0.2) is 0 Å². The van der Waals surface area contributed by atoms with Crippen LogP contribution in [0.1, 0.15) is 65.2 Å². The Morgan fingerprint density at radius 1 is 0.941 bits per heavy atom. The van der Waals surface area contributed by atoms with Crippen LogP contribution in [0.3, 0.4) is 0 Å². The fraction of sp³-hybridized carbons (Fsp3) is 1.00. The molecule has 0 aliphatic heterocycles. The maximum Gasteiger partial charge on any atom is 0.00458 e. The lowest BCUT2D eigenvalue weighted by Gasteiger charge is -2.37. The second-order valence-corrected chi connectivity index (χ2v) is 6.16. The van der Waals surface area contributed by atoms with Crippen LogP contribution in [0.5, 0.6) is 0 Å². The first kappa shape index (κ1) is 15.4. The summed E-state index contributed by atoms with van der Waals surface area (Å²) in [4.78, 5) is 2.68. The second kappa shape index (κ2) is 8.42. The highest BCUT2D eigenvalue weighted by Crippen LogP contribution is 2.36. The highest BCUT2D eigenvalue weighted by Gasteiger charge is 2.31. The van der Waals surface area contributed by atoms with Crippen LogP contribution in [0.2, 0.25) is 0 Å². The first-order chi connectivity index (χ1) is 8.26. The molecule has 1 aliphatic rings. The summed E-state index contributed by atoms with van der Waals surface area (Å²) in [5.74, 6) is 1.08. The average molecular weight is 257 g/mol. The van der Waals surface area contributed by atoms with Crippen molar-refractivity contribution in [3.8, 4) is 0 Å². The van der Waals surface area contributed by atoms with Crippen LogP contribution in [0, 0.1) is 5.41 Å². The Bertz CT molecular complexity index is 179. The molecule has 0 N–H and O–H groups in total. The van der Waals surface area contributed by atoms with Gasteiger partial charge >= 0.3 is 0 Å².